The van der Waals surface area contributed by atoms with Gasteiger partial charge in [0.05, 0.1) is 10.7 Å². The Morgan fingerprint density at radius 1 is 1.44 bits per heavy atom. The average molecular weight is 362 g/mol. The monoisotopic (exact) mass is 361 g/mol. The molecule has 0 saturated carbocycles. The molecule has 0 unspecified atom stereocenters. The summed E-state index contributed by atoms with van der Waals surface area (Å²) >= 11 is 1.57. The number of hydrogen-bond donors (Lipinski definition) is 0. The molecular weight excluding hydrogens is 334 g/mol. The van der Waals surface area contributed by atoms with Gasteiger partial charge in [-0.25, -0.2) is 9.78 Å². The molecule has 1 rings (SSSR count). The maximum absolute atomic E-state index is 12.2. The number of nitrogens with zero attached hydrogens (tertiary/aromatic N) is 1. The molecule has 0 saturated heterocycles. The van der Waals surface area contributed by atoms with E-state index in [4.69, 9.17) is 4.74 Å². The number of allylic oxidation sites excluding steroid dienone is 1. The second-order valence-corrected chi connectivity index (χ2v) is 7.52. The zero-order valence-corrected chi connectivity index (χ0v) is 16.5. The molecule has 136 valence electrons. The first kappa shape index (κ1) is 21.0. The first-order valence-electron chi connectivity index (χ1n) is 8.34. The SMILES string of the molecule is C=CC[C@H](OC(=O)/C=C/C(C)(C)C(=O)CC)/C(C)=C/c1csc(C)n1. The average Bonchev–Trinajstić information content (AvgIpc) is 2.96. The predicted molar refractivity (Wildman–Crippen MR) is 103 cm³/mol. The summed E-state index contributed by atoms with van der Waals surface area (Å²) in [6.07, 6.45) is 7.12. The summed E-state index contributed by atoms with van der Waals surface area (Å²) in [5.74, 6) is -0.389. The highest BCUT2D eigenvalue weighted by molar-refractivity contribution is 7.09. The predicted octanol–water partition coefficient (Wildman–Crippen LogP) is 4.90. The summed E-state index contributed by atoms with van der Waals surface area (Å²) in [4.78, 5) is 28.4. The fourth-order valence-electron chi connectivity index (χ4n) is 2.26. The number of carbonyl (C=O) groups is 2. The number of hydrogen-bond acceptors (Lipinski definition) is 5. The van der Waals surface area contributed by atoms with Gasteiger partial charge < -0.3 is 4.74 Å². The molecule has 0 aliphatic rings. The van der Waals surface area contributed by atoms with Crippen LogP contribution < -0.4 is 0 Å². The molecule has 1 aromatic heterocycles. The van der Waals surface area contributed by atoms with Crippen LogP contribution in [-0.4, -0.2) is 22.8 Å². The van der Waals surface area contributed by atoms with E-state index in [1.165, 1.54) is 6.08 Å². The van der Waals surface area contributed by atoms with Gasteiger partial charge in [-0.1, -0.05) is 19.1 Å². The number of Topliss-reactive ketones (excluding diaryl/α,β-unsaturated/α-hetero) is 1. The Morgan fingerprint density at radius 2 is 2.12 bits per heavy atom. The maximum Gasteiger partial charge on any atom is 0.331 e. The molecule has 0 aliphatic carbocycles. The first-order valence-corrected chi connectivity index (χ1v) is 9.22. The molecule has 5 heteroatoms. The van der Waals surface area contributed by atoms with Crippen molar-refractivity contribution in [2.45, 2.75) is 53.6 Å². The summed E-state index contributed by atoms with van der Waals surface area (Å²) in [6.45, 7) is 13.0. The van der Waals surface area contributed by atoms with Crippen molar-refractivity contribution in [1.82, 2.24) is 4.98 Å². The summed E-state index contributed by atoms with van der Waals surface area (Å²) in [7, 11) is 0. The third-order valence-corrected chi connectivity index (χ3v) is 4.63. The smallest absolute Gasteiger partial charge is 0.331 e. The number of ketones is 1. The molecule has 0 radical (unpaired) electrons. The van der Waals surface area contributed by atoms with Crippen LogP contribution in [0.5, 0.6) is 0 Å². The van der Waals surface area contributed by atoms with Crippen molar-refractivity contribution in [2.24, 2.45) is 5.41 Å². The molecule has 1 aromatic rings. The van der Waals surface area contributed by atoms with Crippen LogP contribution in [0.1, 0.15) is 51.2 Å². The first-order chi connectivity index (χ1) is 11.7. The number of aryl methyl sites for hydroxylation is 1. The molecule has 0 aliphatic heterocycles. The van der Waals surface area contributed by atoms with Gasteiger partial charge in [-0.3, -0.25) is 4.79 Å². The Labute approximate surface area is 154 Å². The zero-order valence-electron chi connectivity index (χ0n) is 15.7. The molecule has 0 fully saturated rings. The van der Waals surface area contributed by atoms with E-state index in [-0.39, 0.29) is 5.78 Å². The van der Waals surface area contributed by atoms with Crippen LogP contribution >= 0.6 is 11.3 Å². The fraction of sp³-hybridized carbons (Fsp3) is 0.450. The third kappa shape index (κ3) is 6.78. The van der Waals surface area contributed by atoms with E-state index >= 15 is 0 Å². The van der Waals surface area contributed by atoms with Gasteiger partial charge in [-0.15, -0.1) is 17.9 Å². The van der Waals surface area contributed by atoms with Crippen LogP contribution in [0, 0.1) is 12.3 Å². The van der Waals surface area contributed by atoms with Crippen LogP contribution in [0.2, 0.25) is 0 Å². The van der Waals surface area contributed by atoms with Gasteiger partial charge >= 0.3 is 5.97 Å². The Hall–Kier alpha value is -2.01. The zero-order chi connectivity index (χ0) is 19.0. The molecule has 25 heavy (non-hydrogen) atoms. The minimum atomic E-state index is -0.676. The summed E-state index contributed by atoms with van der Waals surface area (Å²) < 4.78 is 5.54. The van der Waals surface area contributed by atoms with Crippen LogP contribution in [0.3, 0.4) is 0 Å². The standard InChI is InChI=1S/C20H27NO3S/c1-7-9-17(14(3)12-16-13-25-15(4)21-16)24-19(23)10-11-20(5,6)18(22)8-2/h7,10-13,17H,1,8-9H2,2-6H3/b11-10+,14-12+/t17-/m0/s1. The van der Waals surface area contributed by atoms with Crippen LogP contribution in [0.4, 0.5) is 0 Å². The molecule has 4 nitrogen and oxygen atoms in total. The molecule has 1 atom stereocenters. The lowest BCUT2D eigenvalue weighted by Gasteiger charge is -2.18. The summed E-state index contributed by atoms with van der Waals surface area (Å²) in [6, 6.07) is 0. The Bertz CT molecular complexity index is 683. The highest BCUT2D eigenvalue weighted by Gasteiger charge is 2.23. The lowest BCUT2D eigenvalue weighted by molar-refractivity contribution is -0.141. The van der Waals surface area contributed by atoms with Crippen LogP contribution in [-0.2, 0) is 14.3 Å². The fourth-order valence-corrected chi connectivity index (χ4v) is 2.83. The molecular formula is C20H27NO3S. The molecule has 0 aromatic carbocycles. The summed E-state index contributed by atoms with van der Waals surface area (Å²) in [5.41, 5.74) is 1.08. The van der Waals surface area contributed by atoms with Crippen molar-refractivity contribution in [3.05, 3.63) is 46.5 Å². The van der Waals surface area contributed by atoms with E-state index in [2.05, 4.69) is 11.6 Å². The third-order valence-electron chi connectivity index (χ3n) is 3.84. The maximum atomic E-state index is 12.2. The highest BCUT2D eigenvalue weighted by Crippen LogP contribution is 2.21. The van der Waals surface area contributed by atoms with Crippen molar-refractivity contribution in [2.75, 3.05) is 0 Å². The van der Waals surface area contributed by atoms with E-state index in [1.807, 2.05) is 32.2 Å². The number of rotatable bonds is 9. The lowest BCUT2D eigenvalue weighted by atomic mass is 9.86. The van der Waals surface area contributed by atoms with Crippen molar-refractivity contribution in [3.63, 3.8) is 0 Å². The highest BCUT2D eigenvalue weighted by atomic mass is 32.1. The van der Waals surface area contributed by atoms with Gasteiger partial charge in [-0.2, -0.15) is 0 Å². The molecule has 1 heterocycles. The molecule has 0 bridgehead atoms. The van der Waals surface area contributed by atoms with Gasteiger partial charge in [0, 0.05) is 29.7 Å². The topological polar surface area (TPSA) is 56.3 Å². The molecule has 0 N–H and O–H groups in total. The van der Waals surface area contributed by atoms with E-state index in [0.29, 0.717) is 12.8 Å². The number of aromatic nitrogens is 1. The van der Waals surface area contributed by atoms with E-state index in [0.717, 1.165) is 16.3 Å². The minimum Gasteiger partial charge on any atom is -0.454 e. The molecule has 0 amide bonds. The number of thiazole rings is 1. The van der Waals surface area contributed by atoms with E-state index in [1.54, 1.807) is 37.3 Å². The van der Waals surface area contributed by atoms with Gasteiger partial charge in [-0.05, 0) is 39.3 Å². The number of ether oxygens (including phenoxy) is 1. The van der Waals surface area contributed by atoms with Gasteiger partial charge in [0.2, 0.25) is 0 Å². The van der Waals surface area contributed by atoms with Gasteiger partial charge in [0.15, 0.2) is 0 Å². The summed E-state index contributed by atoms with van der Waals surface area (Å²) in [5, 5.41) is 2.95. The second-order valence-electron chi connectivity index (χ2n) is 6.46. The minimum absolute atomic E-state index is 0.0779. The Balaban J connectivity index is 2.83. The van der Waals surface area contributed by atoms with Gasteiger partial charge in [0.25, 0.3) is 0 Å². The normalized spacial score (nSPS) is 13.7. The second kappa shape index (κ2) is 9.47. The van der Waals surface area contributed by atoms with Crippen molar-refractivity contribution >= 4 is 29.2 Å². The van der Waals surface area contributed by atoms with Crippen molar-refractivity contribution in [1.29, 1.82) is 0 Å². The lowest BCUT2D eigenvalue weighted by Crippen LogP contribution is -2.22. The van der Waals surface area contributed by atoms with Crippen molar-refractivity contribution in [3.8, 4) is 0 Å². The van der Waals surface area contributed by atoms with Gasteiger partial charge in [0.1, 0.15) is 11.9 Å². The quantitative estimate of drug-likeness (QED) is 0.356. The van der Waals surface area contributed by atoms with E-state index < -0.39 is 17.5 Å². The Kier molecular flexibility index (Phi) is 7.97. The van der Waals surface area contributed by atoms with Crippen molar-refractivity contribution < 1.29 is 14.3 Å². The number of carbonyl (C=O) groups excluding carboxylic acids is 2. The number of esters is 1. The van der Waals surface area contributed by atoms with Crippen LogP contribution in [0.15, 0.2) is 35.8 Å². The molecule has 0 spiro atoms. The Morgan fingerprint density at radius 3 is 2.64 bits per heavy atom. The van der Waals surface area contributed by atoms with Crippen LogP contribution in [0.25, 0.3) is 6.08 Å². The largest absolute Gasteiger partial charge is 0.454 e. The van der Waals surface area contributed by atoms with E-state index in [9.17, 15) is 9.59 Å².